The van der Waals surface area contributed by atoms with Gasteiger partial charge in [0.05, 0.1) is 19.1 Å². The molecule has 1 aromatic carbocycles. The van der Waals surface area contributed by atoms with Gasteiger partial charge in [0.25, 0.3) is 0 Å². The molecule has 0 saturated carbocycles. The summed E-state index contributed by atoms with van der Waals surface area (Å²) in [7, 11) is 0. The van der Waals surface area contributed by atoms with E-state index in [1.165, 1.54) is 10.5 Å². The number of hydrogen-bond acceptors (Lipinski definition) is 4. The molecule has 0 radical (unpaired) electrons. The van der Waals surface area contributed by atoms with Gasteiger partial charge in [0.1, 0.15) is 6.04 Å². The number of aliphatic carboxylic acids is 1. The molecule has 0 aromatic heterocycles. The van der Waals surface area contributed by atoms with Crippen molar-refractivity contribution in [2.75, 3.05) is 26.2 Å². The van der Waals surface area contributed by atoms with E-state index in [1.54, 1.807) is 0 Å². The van der Waals surface area contributed by atoms with E-state index in [9.17, 15) is 14.7 Å². The SMILES string of the molecule is O=C(O)[C@@H]1CCCN1C(=O)C[C@@H]1CN(Cc2ccccc2)CCO1. The Bertz CT molecular complexity index is 578. The van der Waals surface area contributed by atoms with Crippen molar-refractivity contribution in [1.29, 1.82) is 0 Å². The fraction of sp³-hybridized carbons (Fsp3) is 0.556. The molecule has 2 heterocycles. The molecule has 0 spiro atoms. The van der Waals surface area contributed by atoms with Crippen LogP contribution in [0.5, 0.6) is 0 Å². The normalized spacial score (nSPS) is 24.9. The number of carboxylic acid groups (broad SMARTS) is 1. The largest absolute Gasteiger partial charge is 0.480 e. The van der Waals surface area contributed by atoms with Crippen molar-refractivity contribution < 1.29 is 19.4 Å². The van der Waals surface area contributed by atoms with E-state index in [4.69, 9.17) is 4.74 Å². The lowest BCUT2D eigenvalue weighted by Crippen LogP contribution is -2.46. The van der Waals surface area contributed by atoms with Crippen LogP contribution in [-0.2, 0) is 20.9 Å². The predicted molar refractivity (Wildman–Crippen MR) is 88.4 cm³/mol. The maximum absolute atomic E-state index is 12.5. The van der Waals surface area contributed by atoms with Crippen molar-refractivity contribution in [2.45, 2.75) is 38.0 Å². The molecule has 2 fully saturated rings. The number of nitrogens with zero attached hydrogens (tertiary/aromatic N) is 2. The van der Waals surface area contributed by atoms with E-state index in [-0.39, 0.29) is 18.4 Å². The molecular formula is C18H24N2O4. The van der Waals surface area contributed by atoms with E-state index < -0.39 is 12.0 Å². The van der Waals surface area contributed by atoms with Gasteiger partial charge in [-0.3, -0.25) is 9.69 Å². The number of morpholine rings is 1. The van der Waals surface area contributed by atoms with Gasteiger partial charge in [0, 0.05) is 26.2 Å². The van der Waals surface area contributed by atoms with Crippen LogP contribution in [0.3, 0.4) is 0 Å². The minimum Gasteiger partial charge on any atom is -0.480 e. The molecular weight excluding hydrogens is 308 g/mol. The van der Waals surface area contributed by atoms with E-state index in [0.717, 1.165) is 19.5 Å². The summed E-state index contributed by atoms with van der Waals surface area (Å²) in [5.41, 5.74) is 1.25. The molecule has 1 amide bonds. The number of ether oxygens (including phenoxy) is 1. The van der Waals surface area contributed by atoms with E-state index in [2.05, 4.69) is 17.0 Å². The minimum absolute atomic E-state index is 0.105. The van der Waals surface area contributed by atoms with Gasteiger partial charge in [-0.25, -0.2) is 4.79 Å². The Balaban J connectivity index is 1.53. The lowest BCUT2D eigenvalue weighted by atomic mass is 10.1. The first kappa shape index (κ1) is 16.9. The van der Waals surface area contributed by atoms with Crippen LogP contribution in [-0.4, -0.2) is 65.2 Å². The quantitative estimate of drug-likeness (QED) is 0.881. The topological polar surface area (TPSA) is 70.1 Å². The summed E-state index contributed by atoms with van der Waals surface area (Å²) in [5.74, 6) is -1.01. The van der Waals surface area contributed by atoms with E-state index in [1.807, 2.05) is 18.2 Å². The van der Waals surface area contributed by atoms with Crippen LogP contribution in [0, 0.1) is 0 Å². The lowest BCUT2D eigenvalue weighted by Gasteiger charge is -2.33. The highest BCUT2D eigenvalue weighted by molar-refractivity contribution is 5.84. The highest BCUT2D eigenvalue weighted by Gasteiger charge is 2.35. The molecule has 0 bridgehead atoms. The Morgan fingerprint density at radius 2 is 2.00 bits per heavy atom. The molecule has 0 aliphatic carbocycles. The van der Waals surface area contributed by atoms with Gasteiger partial charge in [-0.2, -0.15) is 0 Å². The molecule has 24 heavy (non-hydrogen) atoms. The second kappa shape index (κ2) is 7.77. The van der Waals surface area contributed by atoms with E-state index in [0.29, 0.717) is 26.1 Å². The molecule has 2 aliphatic heterocycles. The van der Waals surface area contributed by atoms with Crippen molar-refractivity contribution >= 4 is 11.9 Å². The Hall–Kier alpha value is -1.92. The molecule has 0 unspecified atom stereocenters. The van der Waals surface area contributed by atoms with Gasteiger partial charge in [-0.1, -0.05) is 30.3 Å². The van der Waals surface area contributed by atoms with Gasteiger partial charge in [-0.15, -0.1) is 0 Å². The summed E-state index contributed by atoms with van der Waals surface area (Å²) in [5, 5.41) is 9.21. The number of benzene rings is 1. The predicted octanol–water partition coefficient (Wildman–Crippen LogP) is 1.35. The van der Waals surface area contributed by atoms with Crippen LogP contribution in [0.2, 0.25) is 0 Å². The first-order chi connectivity index (χ1) is 11.6. The fourth-order valence-electron chi connectivity index (χ4n) is 3.52. The molecule has 6 heteroatoms. The van der Waals surface area contributed by atoms with E-state index >= 15 is 0 Å². The third-order valence-corrected chi connectivity index (χ3v) is 4.73. The summed E-state index contributed by atoms with van der Waals surface area (Å²) >= 11 is 0. The van der Waals surface area contributed by atoms with Crippen molar-refractivity contribution in [1.82, 2.24) is 9.80 Å². The van der Waals surface area contributed by atoms with Gasteiger partial charge < -0.3 is 14.7 Å². The molecule has 1 N–H and O–H groups in total. The van der Waals surface area contributed by atoms with Crippen LogP contribution >= 0.6 is 0 Å². The number of carboxylic acids is 1. The number of hydrogen-bond donors (Lipinski definition) is 1. The average Bonchev–Trinajstić information content (AvgIpc) is 3.06. The number of carbonyl (C=O) groups excluding carboxylic acids is 1. The summed E-state index contributed by atoms with van der Waals surface area (Å²) in [6.45, 7) is 3.53. The van der Waals surface area contributed by atoms with Crippen LogP contribution in [0.15, 0.2) is 30.3 Å². The maximum atomic E-state index is 12.5. The molecule has 2 atom stereocenters. The second-order valence-corrected chi connectivity index (χ2v) is 6.50. The molecule has 130 valence electrons. The summed E-state index contributed by atoms with van der Waals surface area (Å²) in [6, 6.07) is 9.57. The highest BCUT2D eigenvalue weighted by Crippen LogP contribution is 2.20. The van der Waals surface area contributed by atoms with Gasteiger partial charge in [0.2, 0.25) is 5.91 Å². The van der Waals surface area contributed by atoms with Crippen LogP contribution in [0.4, 0.5) is 0 Å². The monoisotopic (exact) mass is 332 g/mol. The van der Waals surface area contributed by atoms with Crippen molar-refractivity contribution in [3.63, 3.8) is 0 Å². The van der Waals surface area contributed by atoms with Crippen LogP contribution in [0.25, 0.3) is 0 Å². The zero-order valence-corrected chi connectivity index (χ0v) is 13.8. The number of carbonyl (C=O) groups is 2. The molecule has 3 rings (SSSR count). The second-order valence-electron chi connectivity index (χ2n) is 6.50. The fourth-order valence-corrected chi connectivity index (χ4v) is 3.52. The molecule has 1 aromatic rings. The Labute approximate surface area is 142 Å². The number of amides is 1. The van der Waals surface area contributed by atoms with Crippen LogP contribution in [0.1, 0.15) is 24.8 Å². The Morgan fingerprint density at radius 3 is 2.75 bits per heavy atom. The Kier molecular flexibility index (Phi) is 5.48. The van der Waals surface area contributed by atoms with Crippen molar-refractivity contribution in [3.8, 4) is 0 Å². The maximum Gasteiger partial charge on any atom is 0.326 e. The molecule has 2 aliphatic rings. The van der Waals surface area contributed by atoms with Gasteiger partial charge in [-0.05, 0) is 18.4 Å². The minimum atomic E-state index is -0.906. The first-order valence-corrected chi connectivity index (χ1v) is 8.53. The third kappa shape index (κ3) is 4.13. The van der Waals surface area contributed by atoms with Gasteiger partial charge >= 0.3 is 5.97 Å². The van der Waals surface area contributed by atoms with Crippen LogP contribution < -0.4 is 0 Å². The smallest absolute Gasteiger partial charge is 0.326 e. The lowest BCUT2D eigenvalue weighted by molar-refractivity contribution is -0.150. The summed E-state index contributed by atoms with van der Waals surface area (Å²) in [6.07, 6.45) is 1.40. The number of rotatable bonds is 5. The average molecular weight is 332 g/mol. The summed E-state index contributed by atoms with van der Waals surface area (Å²) in [4.78, 5) is 27.5. The zero-order valence-electron chi connectivity index (χ0n) is 13.8. The highest BCUT2D eigenvalue weighted by atomic mass is 16.5. The molecule has 2 saturated heterocycles. The third-order valence-electron chi connectivity index (χ3n) is 4.73. The first-order valence-electron chi connectivity index (χ1n) is 8.53. The number of likely N-dealkylation sites (tertiary alicyclic amines) is 1. The Morgan fingerprint density at radius 1 is 1.21 bits per heavy atom. The molecule has 6 nitrogen and oxygen atoms in total. The summed E-state index contributed by atoms with van der Waals surface area (Å²) < 4.78 is 5.74. The zero-order chi connectivity index (χ0) is 16.9. The standard InChI is InChI=1S/C18H24N2O4/c21-17(20-8-4-7-16(20)18(22)23)11-15-13-19(9-10-24-15)12-14-5-2-1-3-6-14/h1-3,5-6,15-16H,4,7-13H2,(H,22,23)/t15-,16+/m1/s1. The van der Waals surface area contributed by atoms with Crippen molar-refractivity contribution in [3.05, 3.63) is 35.9 Å². The van der Waals surface area contributed by atoms with Gasteiger partial charge in [0.15, 0.2) is 0 Å². The van der Waals surface area contributed by atoms with Crippen molar-refractivity contribution in [2.24, 2.45) is 0 Å².